The lowest BCUT2D eigenvalue weighted by Crippen LogP contribution is -2.68. The van der Waals surface area contributed by atoms with Gasteiger partial charge in [0.15, 0.2) is 6.61 Å². The molecule has 1 aliphatic carbocycles. The highest BCUT2D eigenvalue weighted by Gasteiger charge is 2.57. The number of hydrogen-bond acceptors (Lipinski definition) is 4. The van der Waals surface area contributed by atoms with Crippen LogP contribution in [0.1, 0.15) is 52.1 Å². The molecule has 27 heavy (non-hydrogen) atoms. The summed E-state index contributed by atoms with van der Waals surface area (Å²) in [6.07, 6.45) is 1.63. The number of hydrogen-bond donors (Lipinski definition) is 0. The number of amides is 2. The van der Waals surface area contributed by atoms with Crippen LogP contribution in [0.5, 0.6) is 5.75 Å². The second kappa shape index (κ2) is 6.14. The van der Waals surface area contributed by atoms with Crippen molar-refractivity contribution < 1.29 is 19.1 Å². The predicted molar refractivity (Wildman–Crippen MR) is 100 cm³/mol. The minimum absolute atomic E-state index is 0.000542. The molecule has 0 bridgehead atoms. The van der Waals surface area contributed by atoms with E-state index >= 15 is 0 Å². The van der Waals surface area contributed by atoms with Gasteiger partial charge in [-0.1, -0.05) is 18.2 Å². The molecule has 6 heteroatoms. The molecule has 1 aromatic carbocycles. The Bertz CT molecular complexity index is 756. The number of likely N-dealkylation sites (tertiary alicyclic amines) is 1. The van der Waals surface area contributed by atoms with Crippen molar-refractivity contribution in [2.75, 3.05) is 19.7 Å². The van der Waals surface area contributed by atoms with E-state index in [1.165, 1.54) is 0 Å². The van der Waals surface area contributed by atoms with Crippen LogP contribution < -0.4 is 4.74 Å². The van der Waals surface area contributed by atoms with Crippen LogP contribution in [-0.2, 0) is 9.53 Å². The number of nitrogens with zero attached hydrogens (tertiary/aromatic N) is 2. The highest BCUT2D eigenvalue weighted by atomic mass is 16.6. The van der Waals surface area contributed by atoms with Crippen molar-refractivity contribution in [1.29, 1.82) is 0 Å². The third kappa shape index (κ3) is 3.26. The minimum atomic E-state index is -0.469. The summed E-state index contributed by atoms with van der Waals surface area (Å²) in [6, 6.07) is 8.09. The molecular weight excluding hydrogens is 344 g/mol. The fourth-order valence-corrected chi connectivity index (χ4v) is 4.67. The summed E-state index contributed by atoms with van der Waals surface area (Å²) in [5.41, 5.74) is 0.741. The lowest BCUT2D eigenvalue weighted by Gasteiger charge is -2.61. The standard InChI is InChI=1S/C21H28N2O4/c1-14-16-7-5-6-8-17(16)26-11-18(24)23(14)15-9-21(10-15)12-22(13-21)19(25)27-20(2,3)4/h5-8,14-15H,9-13H2,1-4H3. The Morgan fingerprint density at radius 2 is 1.89 bits per heavy atom. The van der Waals surface area contributed by atoms with E-state index in [-0.39, 0.29) is 36.1 Å². The molecule has 1 unspecified atom stereocenters. The van der Waals surface area contributed by atoms with Gasteiger partial charge in [-0.15, -0.1) is 0 Å². The number of carbonyl (C=O) groups excluding carboxylic acids is 2. The molecule has 1 atom stereocenters. The molecule has 1 saturated heterocycles. The van der Waals surface area contributed by atoms with Crippen molar-refractivity contribution in [3.63, 3.8) is 0 Å². The average Bonchev–Trinajstić information content (AvgIpc) is 2.62. The summed E-state index contributed by atoms with van der Waals surface area (Å²) in [4.78, 5) is 28.6. The van der Waals surface area contributed by atoms with Crippen LogP contribution in [0.4, 0.5) is 4.79 Å². The van der Waals surface area contributed by atoms with Crippen molar-refractivity contribution in [1.82, 2.24) is 9.80 Å². The second-order valence-electron chi connectivity index (χ2n) is 9.20. The van der Waals surface area contributed by atoms with E-state index in [9.17, 15) is 9.59 Å². The lowest BCUT2D eigenvalue weighted by atomic mass is 9.60. The van der Waals surface area contributed by atoms with Crippen LogP contribution in [0.3, 0.4) is 0 Å². The van der Waals surface area contributed by atoms with Crippen LogP contribution >= 0.6 is 0 Å². The van der Waals surface area contributed by atoms with Crippen molar-refractivity contribution >= 4 is 12.0 Å². The highest BCUT2D eigenvalue weighted by molar-refractivity contribution is 5.80. The Balaban J connectivity index is 1.38. The van der Waals surface area contributed by atoms with Gasteiger partial charge in [-0.2, -0.15) is 0 Å². The number of benzene rings is 1. The summed E-state index contributed by atoms with van der Waals surface area (Å²) in [7, 11) is 0. The Hall–Kier alpha value is -2.24. The van der Waals surface area contributed by atoms with Gasteiger partial charge >= 0.3 is 6.09 Å². The first-order valence-electron chi connectivity index (χ1n) is 9.68. The summed E-state index contributed by atoms with van der Waals surface area (Å²) >= 11 is 0. The van der Waals surface area contributed by atoms with Crippen LogP contribution in [0.2, 0.25) is 0 Å². The predicted octanol–water partition coefficient (Wildman–Crippen LogP) is 3.37. The Labute approximate surface area is 160 Å². The Morgan fingerprint density at radius 3 is 2.56 bits per heavy atom. The Kier molecular flexibility index (Phi) is 4.13. The van der Waals surface area contributed by atoms with E-state index in [2.05, 4.69) is 6.92 Å². The average molecular weight is 372 g/mol. The zero-order valence-corrected chi connectivity index (χ0v) is 16.5. The van der Waals surface area contributed by atoms with Crippen LogP contribution in [0.25, 0.3) is 0 Å². The molecule has 1 aromatic rings. The number of rotatable bonds is 1. The SMILES string of the molecule is CC1c2ccccc2OCC(=O)N1C1CC2(C1)CN(C(=O)OC(C)(C)C)C2. The van der Waals surface area contributed by atoms with E-state index in [0.717, 1.165) is 37.2 Å². The molecule has 2 amide bonds. The van der Waals surface area contributed by atoms with E-state index < -0.39 is 5.60 Å². The molecule has 4 rings (SSSR count). The highest BCUT2D eigenvalue weighted by Crippen LogP contribution is 2.52. The normalized spacial score (nSPS) is 24.4. The summed E-state index contributed by atoms with van der Waals surface area (Å²) in [5, 5.41) is 0. The molecule has 1 saturated carbocycles. The van der Waals surface area contributed by atoms with Crippen molar-refractivity contribution in [3.8, 4) is 5.75 Å². The molecule has 2 fully saturated rings. The lowest BCUT2D eigenvalue weighted by molar-refractivity contribution is -0.152. The molecular formula is C21H28N2O4. The number of para-hydroxylation sites is 1. The molecule has 0 aromatic heterocycles. The van der Waals surface area contributed by atoms with Crippen molar-refractivity contribution in [2.45, 2.75) is 58.2 Å². The molecule has 0 N–H and O–H groups in total. The second-order valence-corrected chi connectivity index (χ2v) is 9.20. The molecule has 1 spiro atoms. The molecule has 0 radical (unpaired) electrons. The van der Waals surface area contributed by atoms with Gasteiger partial charge in [-0.05, 0) is 46.6 Å². The maximum absolute atomic E-state index is 12.7. The smallest absolute Gasteiger partial charge is 0.410 e. The molecule has 2 aliphatic heterocycles. The molecule has 2 heterocycles. The maximum Gasteiger partial charge on any atom is 0.410 e. The number of carbonyl (C=O) groups is 2. The molecule has 6 nitrogen and oxygen atoms in total. The van der Waals surface area contributed by atoms with Gasteiger partial charge in [-0.25, -0.2) is 4.79 Å². The van der Waals surface area contributed by atoms with Gasteiger partial charge in [0, 0.05) is 30.1 Å². The topological polar surface area (TPSA) is 59.1 Å². The van der Waals surface area contributed by atoms with E-state index in [4.69, 9.17) is 9.47 Å². The van der Waals surface area contributed by atoms with Crippen LogP contribution in [0, 0.1) is 5.41 Å². The maximum atomic E-state index is 12.7. The largest absolute Gasteiger partial charge is 0.483 e. The third-order valence-electron chi connectivity index (χ3n) is 5.86. The number of ether oxygens (including phenoxy) is 2. The van der Waals surface area contributed by atoms with Crippen LogP contribution in [-0.4, -0.2) is 53.1 Å². The molecule has 146 valence electrons. The first-order chi connectivity index (χ1) is 12.7. The van der Waals surface area contributed by atoms with E-state index in [0.29, 0.717) is 0 Å². The van der Waals surface area contributed by atoms with Gasteiger partial charge in [0.2, 0.25) is 0 Å². The fourth-order valence-electron chi connectivity index (χ4n) is 4.67. The van der Waals surface area contributed by atoms with Gasteiger partial charge < -0.3 is 19.3 Å². The summed E-state index contributed by atoms with van der Waals surface area (Å²) in [6.45, 7) is 9.26. The van der Waals surface area contributed by atoms with Gasteiger partial charge in [-0.3, -0.25) is 4.79 Å². The van der Waals surface area contributed by atoms with E-state index in [1.54, 1.807) is 4.90 Å². The first-order valence-corrected chi connectivity index (χ1v) is 9.68. The van der Waals surface area contributed by atoms with Crippen molar-refractivity contribution in [2.24, 2.45) is 5.41 Å². The van der Waals surface area contributed by atoms with Gasteiger partial charge in [0.25, 0.3) is 5.91 Å². The monoisotopic (exact) mass is 372 g/mol. The quantitative estimate of drug-likeness (QED) is 0.758. The zero-order valence-electron chi connectivity index (χ0n) is 16.5. The zero-order chi connectivity index (χ0) is 19.4. The van der Waals surface area contributed by atoms with Crippen LogP contribution in [0.15, 0.2) is 24.3 Å². The van der Waals surface area contributed by atoms with Gasteiger partial charge in [0.05, 0.1) is 6.04 Å². The van der Waals surface area contributed by atoms with E-state index in [1.807, 2.05) is 49.9 Å². The summed E-state index contributed by atoms with van der Waals surface area (Å²) < 4.78 is 11.1. The number of fused-ring (bicyclic) bond motifs is 1. The molecule has 3 aliphatic rings. The first kappa shape index (κ1) is 18.1. The minimum Gasteiger partial charge on any atom is -0.483 e. The van der Waals surface area contributed by atoms with Gasteiger partial charge in [0.1, 0.15) is 11.4 Å². The third-order valence-corrected chi connectivity index (χ3v) is 5.86. The Morgan fingerprint density at radius 1 is 1.22 bits per heavy atom. The fraction of sp³-hybridized carbons (Fsp3) is 0.619. The summed E-state index contributed by atoms with van der Waals surface area (Å²) in [5.74, 6) is 0.844. The van der Waals surface area contributed by atoms with Crippen molar-refractivity contribution in [3.05, 3.63) is 29.8 Å².